The lowest BCUT2D eigenvalue weighted by atomic mass is 10.1. The third-order valence-electron chi connectivity index (χ3n) is 3.49. The largest absolute Gasteiger partial charge is 0.287 e. The van der Waals surface area contributed by atoms with Crippen molar-refractivity contribution in [1.82, 2.24) is 5.01 Å². The second-order valence-electron chi connectivity index (χ2n) is 5.96. The molecule has 0 aromatic rings. The maximum absolute atomic E-state index is 6.23. The fourth-order valence-electron chi connectivity index (χ4n) is 2.43. The van der Waals surface area contributed by atoms with Gasteiger partial charge in [0.1, 0.15) is 5.17 Å². The van der Waals surface area contributed by atoms with Crippen molar-refractivity contribution in [3.8, 4) is 0 Å². The SMILES string of the molecule is CCC1=CC(C)CC=C2C(=NCC(C)C)CC(Cl)=NN12. The summed E-state index contributed by atoms with van der Waals surface area (Å²) >= 11 is 6.23. The molecule has 0 saturated heterocycles. The number of halogens is 1. The van der Waals surface area contributed by atoms with Crippen LogP contribution in [0, 0.1) is 11.8 Å². The molecular formula is C16H24ClN3. The standard InChI is InChI=1S/C16H24ClN3/c1-5-13-8-12(4)6-7-15-14(18-10-11(2)3)9-16(17)19-20(13)15/h7-8,11-12H,5-6,9-10H2,1-4H3. The normalized spacial score (nSPS) is 25.1. The van der Waals surface area contributed by atoms with Gasteiger partial charge in [-0.25, -0.2) is 5.01 Å². The van der Waals surface area contributed by atoms with E-state index in [1.807, 2.05) is 5.01 Å². The third-order valence-corrected chi connectivity index (χ3v) is 3.70. The number of nitrogens with zero attached hydrogens (tertiary/aromatic N) is 3. The van der Waals surface area contributed by atoms with Crippen LogP contribution in [-0.4, -0.2) is 22.4 Å². The van der Waals surface area contributed by atoms with E-state index in [1.165, 1.54) is 5.70 Å². The molecule has 0 radical (unpaired) electrons. The van der Waals surface area contributed by atoms with E-state index in [-0.39, 0.29) is 0 Å². The number of hydrogen-bond donors (Lipinski definition) is 0. The number of allylic oxidation sites excluding steroid dienone is 4. The Morgan fingerprint density at radius 1 is 1.50 bits per heavy atom. The second-order valence-corrected chi connectivity index (χ2v) is 6.40. The molecule has 0 N–H and O–H groups in total. The molecule has 0 amide bonds. The molecule has 110 valence electrons. The first kappa shape index (κ1) is 15.3. The first-order valence-corrected chi connectivity index (χ1v) is 7.86. The topological polar surface area (TPSA) is 28.0 Å². The molecule has 0 aromatic heterocycles. The highest BCUT2D eigenvalue weighted by Gasteiger charge is 2.26. The average molecular weight is 294 g/mol. The molecule has 20 heavy (non-hydrogen) atoms. The van der Waals surface area contributed by atoms with Gasteiger partial charge in [0.2, 0.25) is 0 Å². The molecule has 2 aliphatic heterocycles. The molecule has 0 saturated carbocycles. The molecule has 1 unspecified atom stereocenters. The first-order valence-electron chi connectivity index (χ1n) is 7.48. The minimum Gasteiger partial charge on any atom is -0.287 e. The smallest absolute Gasteiger partial charge is 0.133 e. The average Bonchev–Trinajstić information content (AvgIpc) is 2.55. The predicted octanol–water partition coefficient (Wildman–Crippen LogP) is 4.56. The number of hydrazone groups is 1. The number of fused-ring (bicyclic) bond motifs is 1. The molecule has 4 heteroatoms. The molecule has 2 rings (SSSR count). The second kappa shape index (κ2) is 6.57. The molecule has 0 aliphatic carbocycles. The van der Waals surface area contributed by atoms with Crippen molar-refractivity contribution in [1.29, 1.82) is 0 Å². The van der Waals surface area contributed by atoms with Gasteiger partial charge in [0.15, 0.2) is 0 Å². The lowest BCUT2D eigenvalue weighted by Gasteiger charge is -2.29. The van der Waals surface area contributed by atoms with Crippen LogP contribution in [0.3, 0.4) is 0 Å². The van der Waals surface area contributed by atoms with Crippen LogP contribution in [0.5, 0.6) is 0 Å². The van der Waals surface area contributed by atoms with E-state index in [0.29, 0.717) is 23.4 Å². The summed E-state index contributed by atoms with van der Waals surface area (Å²) in [5.74, 6) is 1.09. The van der Waals surface area contributed by atoms with E-state index in [1.54, 1.807) is 0 Å². The summed E-state index contributed by atoms with van der Waals surface area (Å²) in [5.41, 5.74) is 3.43. The van der Waals surface area contributed by atoms with Gasteiger partial charge in [0.25, 0.3) is 0 Å². The highest BCUT2D eigenvalue weighted by Crippen LogP contribution is 2.30. The van der Waals surface area contributed by atoms with Gasteiger partial charge in [0.05, 0.1) is 11.4 Å². The van der Waals surface area contributed by atoms with Gasteiger partial charge in [-0.15, -0.1) is 0 Å². The summed E-state index contributed by atoms with van der Waals surface area (Å²) in [6, 6.07) is 0. The molecular weight excluding hydrogens is 270 g/mol. The fraction of sp³-hybridized carbons (Fsp3) is 0.625. The fourth-order valence-corrected chi connectivity index (χ4v) is 2.64. The van der Waals surface area contributed by atoms with Crippen molar-refractivity contribution in [2.24, 2.45) is 21.9 Å². The maximum atomic E-state index is 6.23. The van der Waals surface area contributed by atoms with Crippen LogP contribution in [0.4, 0.5) is 0 Å². The lowest BCUT2D eigenvalue weighted by Crippen LogP contribution is -2.29. The molecule has 0 bridgehead atoms. The van der Waals surface area contributed by atoms with Crippen LogP contribution in [0.1, 0.15) is 47.0 Å². The van der Waals surface area contributed by atoms with Gasteiger partial charge in [-0.1, -0.05) is 51.4 Å². The number of hydrogen-bond acceptors (Lipinski definition) is 3. The lowest BCUT2D eigenvalue weighted by molar-refractivity contribution is 0.453. The van der Waals surface area contributed by atoms with Gasteiger partial charge in [-0.3, -0.25) is 4.99 Å². The summed E-state index contributed by atoms with van der Waals surface area (Å²) in [7, 11) is 0. The van der Waals surface area contributed by atoms with Gasteiger partial charge >= 0.3 is 0 Å². The zero-order chi connectivity index (χ0) is 14.7. The summed E-state index contributed by atoms with van der Waals surface area (Å²) < 4.78 is 0. The summed E-state index contributed by atoms with van der Waals surface area (Å²) in [5, 5.41) is 7.14. The van der Waals surface area contributed by atoms with Gasteiger partial charge in [-0.05, 0) is 24.7 Å². The molecule has 0 aromatic carbocycles. The Balaban J connectivity index is 2.39. The Morgan fingerprint density at radius 3 is 2.90 bits per heavy atom. The third kappa shape index (κ3) is 3.51. The van der Waals surface area contributed by atoms with Gasteiger partial charge in [-0.2, -0.15) is 5.10 Å². The van der Waals surface area contributed by atoms with E-state index >= 15 is 0 Å². The van der Waals surface area contributed by atoms with Gasteiger partial charge < -0.3 is 0 Å². The molecule has 3 nitrogen and oxygen atoms in total. The van der Waals surface area contributed by atoms with Crippen LogP contribution in [-0.2, 0) is 0 Å². The Labute approximate surface area is 127 Å². The monoisotopic (exact) mass is 293 g/mol. The zero-order valence-corrected chi connectivity index (χ0v) is 13.6. The van der Waals surface area contributed by atoms with E-state index in [9.17, 15) is 0 Å². The van der Waals surface area contributed by atoms with Crippen LogP contribution < -0.4 is 0 Å². The number of aliphatic imine (C=N–C) groups is 1. The first-order chi connectivity index (χ1) is 9.51. The zero-order valence-electron chi connectivity index (χ0n) is 12.9. The van der Waals surface area contributed by atoms with E-state index in [4.69, 9.17) is 16.6 Å². The summed E-state index contributed by atoms with van der Waals surface area (Å²) in [4.78, 5) is 4.77. The highest BCUT2D eigenvalue weighted by molar-refractivity contribution is 6.67. The van der Waals surface area contributed by atoms with Crippen LogP contribution in [0.25, 0.3) is 0 Å². The van der Waals surface area contributed by atoms with E-state index in [0.717, 1.165) is 30.8 Å². The van der Waals surface area contributed by atoms with Crippen molar-refractivity contribution >= 4 is 22.5 Å². The predicted molar refractivity (Wildman–Crippen MR) is 87.1 cm³/mol. The maximum Gasteiger partial charge on any atom is 0.133 e. The molecule has 0 spiro atoms. The quantitative estimate of drug-likeness (QED) is 0.749. The van der Waals surface area contributed by atoms with Crippen LogP contribution in [0.15, 0.2) is 33.6 Å². The highest BCUT2D eigenvalue weighted by atomic mass is 35.5. The Bertz CT molecular complexity index is 486. The Morgan fingerprint density at radius 2 is 2.25 bits per heavy atom. The molecule has 0 fully saturated rings. The van der Waals surface area contributed by atoms with Crippen molar-refractivity contribution < 1.29 is 0 Å². The summed E-state index contributed by atoms with van der Waals surface area (Å²) in [6.45, 7) is 9.60. The van der Waals surface area contributed by atoms with Crippen LogP contribution >= 0.6 is 11.6 Å². The van der Waals surface area contributed by atoms with Crippen molar-refractivity contribution in [3.63, 3.8) is 0 Å². The van der Waals surface area contributed by atoms with Crippen molar-refractivity contribution in [2.45, 2.75) is 47.0 Å². The van der Waals surface area contributed by atoms with Crippen molar-refractivity contribution in [2.75, 3.05) is 6.54 Å². The van der Waals surface area contributed by atoms with E-state index < -0.39 is 0 Å². The summed E-state index contributed by atoms with van der Waals surface area (Å²) in [6.07, 6.45) is 7.19. The van der Waals surface area contributed by atoms with Crippen LogP contribution in [0.2, 0.25) is 0 Å². The molecule has 2 heterocycles. The van der Waals surface area contributed by atoms with E-state index in [2.05, 4.69) is 44.9 Å². The number of rotatable bonds is 3. The molecule has 1 atom stereocenters. The van der Waals surface area contributed by atoms with Crippen molar-refractivity contribution in [3.05, 3.63) is 23.5 Å². The van der Waals surface area contributed by atoms with Gasteiger partial charge in [0, 0.05) is 18.7 Å². The molecule has 2 aliphatic rings. The minimum absolute atomic E-state index is 0.531. The minimum atomic E-state index is 0.531. The Hall–Kier alpha value is -1.09. The Kier molecular flexibility index (Phi) is 5.03.